The third-order valence-electron chi connectivity index (χ3n) is 8.70. The van der Waals surface area contributed by atoms with Gasteiger partial charge in [0.1, 0.15) is 23.0 Å². The van der Waals surface area contributed by atoms with Gasteiger partial charge in [-0.15, -0.1) is 0 Å². The first kappa shape index (κ1) is 32.6. The quantitative estimate of drug-likeness (QED) is 0.257. The second-order valence-electron chi connectivity index (χ2n) is 13.2. The van der Waals surface area contributed by atoms with Crippen LogP contribution < -0.4 is 26.0 Å². The highest BCUT2D eigenvalue weighted by molar-refractivity contribution is 6.11. The number of carbonyl (C=O) groups is 3. The topological polar surface area (TPSA) is 148 Å². The molecule has 13 nitrogen and oxygen atoms in total. The van der Waals surface area contributed by atoms with Crippen molar-refractivity contribution in [1.29, 1.82) is 0 Å². The van der Waals surface area contributed by atoms with Gasteiger partial charge in [-0.25, -0.2) is 19.4 Å². The normalized spacial score (nSPS) is 15.5. The Bertz CT molecular complexity index is 1970. The van der Waals surface area contributed by atoms with Crippen LogP contribution in [0.3, 0.4) is 0 Å². The molecule has 0 saturated carbocycles. The standard InChI is InChI=1S/C35H40N6O7/c1-20-15-22(17-27-30(20)39(5)34(45)47-27)31(42)23-18-28(38-33(44)48-35(2,3)4)37-29(19-23)40-12-10-24(11-13-40)41-14-9-21-16-25(46-6)7-8-26(21)36-32(41)43/h7-8,15-19,24H,9-14H2,1-6H3,(H,36,43)(H,37,38,44). The number of nitrogens with zero attached hydrogens (tertiary/aromatic N) is 4. The average molecular weight is 657 g/mol. The molecule has 2 N–H and O–H groups in total. The summed E-state index contributed by atoms with van der Waals surface area (Å²) in [6.07, 6.45) is 1.38. The number of rotatable bonds is 6. The first-order chi connectivity index (χ1) is 22.8. The fourth-order valence-corrected chi connectivity index (χ4v) is 6.40. The minimum Gasteiger partial charge on any atom is -0.497 e. The molecule has 3 amide bonds. The minimum absolute atomic E-state index is 0.0110. The molecule has 2 aromatic carbocycles. The van der Waals surface area contributed by atoms with Crippen LogP contribution in [0.2, 0.25) is 0 Å². The summed E-state index contributed by atoms with van der Waals surface area (Å²) in [5.41, 5.74) is 3.36. The Morgan fingerprint density at radius 1 is 1.02 bits per heavy atom. The van der Waals surface area contributed by atoms with Gasteiger partial charge in [-0.1, -0.05) is 0 Å². The second-order valence-corrected chi connectivity index (χ2v) is 13.2. The molecule has 1 saturated heterocycles. The molecule has 0 spiro atoms. The van der Waals surface area contributed by atoms with Crippen LogP contribution in [-0.2, 0) is 18.2 Å². The average Bonchev–Trinajstić information content (AvgIpc) is 3.22. The summed E-state index contributed by atoms with van der Waals surface area (Å²) in [7, 11) is 3.24. The third kappa shape index (κ3) is 6.71. The SMILES string of the molecule is COc1ccc2c(c1)CCN(C1CCN(c3cc(C(=O)c4cc(C)c5c(c4)oc(=O)n5C)cc(NC(=O)OC(C)(C)C)n3)CC1)C(=O)N2. The number of methoxy groups -OCH3 is 1. The van der Waals surface area contributed by atoms with Crippen molar-refractivity contribution in [3.63, 3.8) is 0 Å². The number of hydrogen-bond donors (Lipinski definition) is 2. The lowest BCUT2D eigenvalue weighted by atomic mass is 10.00. The number of benzene rings is 2. The van der Waals surface area contributed by atoms with Crippen molar-refractivity contribution in [2.45, 2.75) is 58.6 Å². The first-order valence-electron chi connectivity index (χ1n) is 16.0. The van der Waals surface area contributed by atoms with E-state index in [0.717, 1.165) is 17.0 Å². The molecule has 48 heavy (non-hydrogen) atoms. The fourth-order valence-electron chi connectivity index (χ4n) is 6.40. The number of amides is 3. The summed E-state index contributed by atoms with van der Waals surface area (Å²) < 4.78 is 17.6. The molecular formula is C35H40N6O7. The van der Waals surface area contributed by atoms with Gasteiger partial charge in [-0.2, -0.15) is 0 Å². The van der Waals surface area contributed by atoms with Crippen molar-refractivity contribution < 1.29 is 28.3 Å². The second kappa shape index (κ2) is 12.7. The van der Waals surface area contributed by atoms with E-state index < -0.39 is 17.5 Å². The van der Waals surface area contributed by atoms with Gasteiger partial charge in [0.15, 0.2) is 11.4 Å². The lowest BCUT2D eigenvalue weighted by molar-refractivity contribution is 0.0635. The number of pyridine rings is 1. The summed E-state index contributed by atoms with van der Waals surface area (Å²) in [4.78, 5) is 60.7. The van der Waals surface area contributed by atoms with Gasteiger partial charge >= 0.3 is 17.9 Å². The van der Waals surface area contributed by atoms with Crippen molar-refractivity contribution in [3.8, 4) is 5.75 Å². The van der Waals surface area contributed by atoms with Crippen molar-refractivity contribution in [1.82, 2.24) is 14.5 Å². The molecule has 0 aliphatic carbocycles. The number of fused-ring (bicyclic) bond motifs is 2. The maximum atomic E-state index is 13.9. The molecule has 2 aliphatic heterocycles. The predicted molar refractivity (Wildman–Crippen MR) is 181 cm³/mol. The van der Waals surface area contributed by atoms with E-state index in [1.54, 1.807) is 53.1 Å². The van der Waals surface area contributed by atoms with E-state index in [1.165, 1.54) is 10.6 Å². The zero-order valence-electron chi connectivity index (χ0n) is 28.0. The van der Waals surface area contributed by atoms with Crippen LogP contribution in [0.25, 0.3) is 11.1 Å². The van der Waals surface area contributed by atoms with E-state index in [9.17, 15) is 19.2 Å². The van der Waals surface area contributed by atoms with Crippen LogP contribution in [0.15, 0.2) is 51.7 Å². The Morgan fingerprint density at radius 3 is 2.46 bits per heavy atom. The summed E-state index contributed by atoms with van der Waals surface area (Å²) in [6, 6.07) is 12.0. The van der Waals surface area contributed by atoms with Gasteiger partial charge in [0, 0.05) is 49.5 Å². The number of nitrogens with one attached hydrogen (secondary N) is 2. The van der Waals surface area contributed by atoms with Crippen LogP contribution in [0.1, 0.15) is 60.7 Å². The van der Waals surface area contributed by atoms with Gasteiger partial charge < -0.3 is 29.0 Å². The van der Waals surface area contributed by atoms with E-state index in [-0.39, 0.29) is 23.7 Å². The van der Waals surface area contributed by atoms with Crippen molar-refractivity contribution in [3.05, 3.63) is 75.3 Å². The highest BCUT2D eigenvalue weighted by Crippen LogP contribution is 2.30. The van der Waals surface area contributed by atoms with E-state index >= 15 is 0 Å². The summed E-state index contributed by atoms with van der Waals surface area (Å²) in [5.74, 6) is 0.583. The maximum Gasteiger partial charge on any atom is 0.419 e. The van der Waals surface area contributed by atoms with Crippen LogP contribution >= 0.6 is 0 Å². The summed E-state index contributed by atoms with van der Waals surface area (Å²) in [6.45, 7) is 8.82. The number of aromatic nitrogens is 2. The van der Waals surface area contributed by atoms with Crippen molar-refractivity contribution in [2.24, 2.45) is 7.05 Å². The highest BCUT2D eigenvalue weighted by Gasteiger charge is 2.31. The monoisotopic (exact) mass is 656 g/mol. The Kier molecular flexibility index (Phi) is 8.63. The Hall–Kier alpha value is -5.33. The molecular weight excluding hydrogens is 616 g/mol. The number of urea groups is 1. The third-order valence-corrected chi connectivity index (χ3v) is 8.70. The predicted octanol–water partition coefficient (Wildman–Crippen LogP) is 5.48. The Balaban J connectivity index is 1.24. The molecule has 4 heterocycles. The molecule has 13 heteroatoms. The Labute approximate surface area is 277 Å². The van der Waals surface area contributed by atoms with Crippen molar-refractivity contribution >= 4 is 46.3 Å². The van der Waals surface area contributed by atoms with Crippen LogP contribution in [-0.4, -0.2) is 70.7 Å². The molecule has 0 atom stereocenters. The minimum atomic E-state index is -0.734. The van der Waals surface area contributed by atoms with E-state index in [4.69, 9.17) is 18.9 Å². The Morgan fingerprint density at radius 2 is 1.75 bits per heavy atom. The smallest absolute Gasteiger partial charge is 0.419 e. The number of aryl methyl sites for hydroxylation is 2. The fraction of sp³-hybridized carbons (Fsp3) is 0.400. The number of ether oxygens (including phenoxy) is 2. The molecule has 0 radical (unpaired) electrons. The van der Waals surface area contributed by atoms with Gasteiger partial charge in [0.05, 0.1) is 12.6 Å². The number of oxazole rings is 1. The maximum absolute atomic E-state index is 13.9. The molecule has 2 aromatic heterocycles. The van der Waals surface area contributed by atoms with Crippen LogP contribution in [0.4, 0.5) is 26.9 Å². The number of hydrogen-bond acceptors (Lipinski definition) is 9. The molecule has 2 aliphatic rings. The molecule has 0 unspecified atom stereocenters. The lowest BCUT2D eigenvalue weighted by Gasteiger charge is -2.38. The van der Waals surface area contributed by atoms with Gasteiger partial charge in [0.25, 0.3) is 0 Å². The van der Waals surface area contributed by atoms with E-state index in [1.807, 2.05) is 34.9 Å². The summed E-state index contributed by atoms with van der Waals surface area (Å²) in [5, 5.41) is 5.73. The lowest BCUT2D eigenvalue weighted by Crippen LogP contribution is -2.49. The van der Waals surface area contributed by atoms with Gasteiger partial charge in [-0.3, -0.25) is 14.7 Å². The van der Waals surface area contributed by atoms with Gasteiger partial charge in [-0.05, 0) is 101 Å². The zero-order valence-corrected chi connectivity index (χ0v) is 28.0. The van der Waals surface area contributed by atoms with Crippen LogP contribution in [0, 0.1) is 6.92 Å². The molecule has 4 aromatic rings. The van der Waals surface area contributed by atoms with Crippen molar-refractivity contribution in [2.75, 3.05) is 42.3 Å². The van der Waals surface area contributed by atoms with Crippen LogP contribution in [0.5, 0.6) is 5.75 Å². The van der Waals surface area contributed by atoms with Gasteiger partial charge in [0.2, 0.25) is 0 Å². The first-order valence-corrected chi connectivity index (χ1v) is 16.0. The molecule has 6 rings (SSSR count). The number of ketones is 1. The van der Waals surface area contributed by atoms with E-state index in [0.29, 0.717) is 72.5 Å². The number of piperidine rings is 1. The summed E-state index contributed by atoms with van der Waals surface area (Å²) >= 11 is 0. The molecule has 0 bridgehead atoms. The number of carbonyl (C=O) groups excluding carboxylic acids is 3. The zero-order chi connectivity index (χ0) is 34.3. The number of anilines is 3. The molecule has 1 fully saturated rings. The highest BCUT2D eigenvalue weighted by atomic mass is 16.6. The van der Waals surface area contributed by atoms with E-state index in [2.05, 4.69) is 10.6 Å². The largest absolute Gasteiger partial charge is 0.497 e. The molecule has 252 valence electrons.